The predicted octanol–water partition coefficient (Wildman–Crippen LogP) is 3.36. The van der Waals surface area contributed by atoms with Crippen LogP contribution in [0.5, 0.6) is 5.75 Å². The summed E-state index contributed by atoms with van der Waals surface area (Å²) in [5.41, 5.74) is 8.48. The Morgan fingerprint density at radius 1 is 1.14 bits per heavy atom. The number of primary amides is 1. The highest BCUT2D eigenvalue weighted by Crippen LogP contribution is 2.25. The molecule has 0 aliphatic carbocycles. The number of phenols is 1. The van der Waals surface area contributed by atoms with Gasteiger partial charge in [-0.2, -0.15) is 0 Å². The van der Waals surface area contributed by atoms with Gasteiger partial charge in [-0.05, 0) is 43.2 Å². The average Bonchev–Trinajstić information content (AvgIpc) is 2.43. The van der Waals surface area contributed by atoms with Crippen LogP contribution in [0.15, 0.2) is 42.5 Å². The Balaban J connectivity index is 2.07. The Labute approximate surface area is 123 Å². The number of aryl methyl sites for hydroxylation is 1. The Hall–Kier alpha value is -2.69. The van der Waals surface area contributed by atoms with Crippen molar-refractivity contribution in [1.82, 2.24) is 0 Å². The topological polar surface area (TPSA) is 87.4 Å². The number of carbonyl (C=O) groups excluding carboxylic acids is 1. The summed E-state index contributed by atoms with van der Waals surface area (Å²) < 4.78 is 0. The first-order valence-corrected chi connectivity index (χ1v) is 6.68. The maximum Gasteiger partial charge on any atom is 0.316 e. The van der Waals surface area contributed by atoms with Gasteiger partial charge in [0.05, 0.1) is 0 Å². The molecule has 0 heterocycles. The van der Waals surface area contributed by atoms with E-state index in [1.807, 2.05) is 38.1 Å². The van der Waals surface area contributed by atoms with E-state index in [4.69, 9.17) is 5.73 Å². The van der Waals surface area contributed by atoms with Crippen LogP contribution in [-0.2, 0) is 0 Å². The van der Waals surface area contributed by atoms with Crippen LogP contribution in [0, 0.1) is 6.92 Å². The lowest BCUT2D eigenvalue weighted by Gasteiger charge is -2.16. The molecular weight excluding hydrogens is 266 g/mol. The van der Waals surface area contributed by atoms with Gasteiger partial charge in [-0.3, -0.25) is 0 Å². The highest BCUT2D eigenvalue weighted by Gasteiger charge is 2.07. The fourth-order valence-electron chi connectivity index (χ4n) is 2.03. The van der Waals surface area contributed by atoms with E-state index in [9.17, 15) is 9.90 Å². The lowest BCUT2D eigenvalue weighted by Crippen LogP contribution is -2.19. The number of anilines is 2. The molecule has 5 heteroatoms. The Kier molecular flexibility index (Phi) is 4.33. The summed E-state index contributed by atoms with van der Waals surface area (Å²) in [7, 11) is 0. The van der Waals surface area contributed by atoms with Crippen molar-refractivity contribution in [2.45, 2.75) is 19.9 Å². The van der Waals surface area contributed by atoms with Gasteiger partial charge in [0.2, 0.25) is 0 Å². The van der Waals surface area contributed by atoms with Gasteiger partial charge in [0.25, 0.3) is 0 Å². The van der Waals surface area contributed by atoms with Crippen LogP contribution in [0.25, 0.3) is 0 Å². The summed E-state index contributed by atoms with van der Waals surface area (Å²) in [6, 6.07) is 12.4. The third-order valence-corrected chi connectivity index (χ3v) is 3.27. The lowest BCUT2D eigenvalue weighted by molar-refractivity contribution is 0.259. The van der Waals surface area contributed by atoms with Gasteiger partial charge in [0.15, 0.2) is 0 Å². The first-order valence-electron chi connectivity index (χ1n) is 6.68. The van der Waals surface area contributed by atoms with Crippen molar-refractivity contribution in [3.63, 3.8) is 0 Å². The zero-order valence-electron chi connectivity index (χ0n) is 12.1. The Bertz CT molecular complexity index is 638. The summed E-state index contributed by atoms with van der Waals surface area (Å²) in [5, 5.41) is 15.5. The number of nitrogens with one attached hydrogen (secondary N) is 2. The number of hydrogen-bond acceptors (Lipinski definition) is 3. The van der Waals surface area contributed by atoms with Crippen molar-refractivity contribution in [1.29, 1.82) is 0 Å². The van der Waals surface area contributed by atoms with Crippen molar-refractivity contribution >= 4 is 17.4 Å². The van der Waals surface area contributed by atoms with Crippen molar-refractivity contribution in [3.8, 4) is 5.75 Å². The van der Waals surface area contributed by atoms with E-state index in [2.05, 4.69) is 10.6 Å². The zero-order chi connectivity index (χ0) is 15.4. The number of urea groups is 1. The second kappa shape index (κ2) is 6.17. The van der Waals surface area contributed by atoms with Gasteiger partial charge in [-0.1, -0.05) is 18.2 Å². The molecule has 2 aromatic carbocycles. The number of nitrogens with two attached hydrogens (primary N) is 1. The number of benzene rings is 2. The van der Waals surface area contributed by atoms with Crippen molar-refractivity contribution in [2.75, 3.05) is 10.6 Å². The average molecular weight is 285 g/mol. The molecule has 5 nitrogen and oxygen atoms in total. The Morgan fingerprint density at radius 3 is 2.33 bits per heavy atom. The highest BCUT2D eigenvalue weighted by atomic mass is 16.3. The van der Waals surface area contributed by atoms with E-state index >= 15 is 0 Å². The molecule has 0 saturated carbocycles. The van der Waals surface area contributed by atoms with Crippen LogP contribution in [0.2, 0.25) is 0 Å². The molecule has 0 radical (unpaired) electrons. The number of hydrogen-bond donors (Lipinski definition) is 4. The van der Waals surface area contributed by atoms with E-state index in [0.717, 1.165) is 16.8 Å². The standard InChI is InChI=1S/C16H19N3O2/c1-10-3-6-14(9-15(10)20)18-11(2)12-4-7-13(8-5-12)19-16(17)21/h3-9,11,18,20H,1-2H3,(H3,17,19,21). The minimum absolute atomic E-state index is 0.0646. The third kappa shape index (κ3) is 3.89. The summed E-state index contributed by atoms with van der Waals surface area (Å²) >= 11 is 0. The zero-order valence-corrected chi connectivity index (χ0v) is 12.1. The predicted molar refractivity (Wildman–Crippen MR) is 84.5 cm³/mol. The van der Waals surface area contributed by atoms with E-state index in [0.29, 0.717) is 5.69 Å². The van der Waals surface area contributed by atoms with Gasteiger partial charge < -0.3 is 21.5 Å². The third-order valence-electron chi connectivity index (χ3n) is 3.27. The molecule has 110 valence electrons. The number of aromatic hydroxyl groups is 1. The molecule has 21 heavy (non-hydrogen) atoms. The molecule has 0 fully saturated rings. The highest BCUT2D eigenvalue weighted by molar-refractivity contribution is 5.87. The van der Waals surface area contributed by atoms with Gasteiger partial charge >= 0.3 is 6.03 Å². The molecule has 0 aromatic heterocycles. The molecule has 1 unspecified atom stereocenters. The number of phenolic OH excluding ortho intramolecular Hbond substituents is 1. The van der Waals surface area contributed by atoms with Gasteiger partial charge in [0, 0.05) is 23.5 Å². The van der Waals surface area contributed by atoms with Gasteiger partial charge in [0.1, 0.15) is 5.75 Å². The van der Waals surface area contributed by atoms with Crippen molar-refractivity contribution in [2.24, 2.45) is 5.73 Å². The van der Waals surface area contributed by atoms with E-state index < -0.39 is 6.03 Å². The van der Waals surface area contributed by atoms with E-state index in [1.165, 1.54) is 0 Å². The molecule has 0 saturated heterocycles. The van der Waals surface area contributed by atoms with Crippen LogP contribution in [-0.4, -0.2) is 11.1 Å². The summed E-state index contributed by atoms with van der Waals surface area (Å²) in [5.74, 6) is 0.271. The van der Waals surface area contributed by atoms with Crippen LogP contribution < -0.4 is 16.4 Å². The fourth-order valence-corrected chi connectivity index (χ4v) is 2.03. The van der Waals surface area contributed by atoms with Crippen molar-refractivity contribution in [3.05, 3.63) is 53.6 Å². The van der Waals surface area contributed by atoms with Crippen LogP contribution in [0.4, 0.5) is 16.2 Å². The number of rotatable bonds is 4. The largest absolute Gasteiger partial charge is 0.508 e. The number of carbonyl (C=O) groups is 1. The first-order chi connectivity index (χ1) is 9.95. The van der Waals surface area contributed by atoms with Crippen LogP contribution in [0.1, 0.15) is 24.1 Å². The molecule has 1 atom stereocenters. The monoisotopic (exact) mass is 285 g/mol. The van der Waals surface area contributed by atoms with E-state index in [-0.39, 0.29) is 11.8 Å². The molecule has 2 amide bonds. The fraction of sp³-hybridized carbons (Fsp3) is 0.188. The van der Waals surface area contributed by atoms with Gasteiger partial charge in [-0.15, -0.1) is 0 Å². The minimum Gasteiger partial charge on any atom is -0.508 e. The quantitative estimate of drug-likeness (QED) is 0.694. The number of amides is 2. The molecule has 0 spiro atoms. The molecule has 2 rings (SSSR count). The second-order valence-corrected chi connectivity index (χ2v) is 4.98. The molecule has 0 bridgehead atoms. The normalized spacial score (nSPS) is 11.7. The maximum atomic E-state index is 10.8. The SMILES string of the molecule is Cc1ccc(NC(C)c2ccc(NC(N)=O)cc2)cc1O. The van der Waals surface area contributed by atoms with Crippen molar-refractivity contribution < 1.29 is 9.90 Å². The second-order valence-electron chi connectivity index (χ2n) is 4.98. The van der Waals surface area contributed by atoms with Crippen LogP contribution >= 0.6 is 0 Å². The smallest absolute Gasteiger partial charge is 0.316 e. The summed E-state index contributed by atoms with van der Waals surface area (Å²) in [4.78, 5) is 10.8. The van der Waals surface area contributed by atoms with E-state index in [1.54, 1.807) is 18.2 Å². The molecule has 5 N–H and O–H groups in total. The summed E-state index contributed by atoms with van der Waals surface area (Å²) in [6.45, 7) is 3.88. The molecular formula is C16H19N3O2. The first kappa shape index (κ1) is 14.7. The lowest BCUT2D eigenvalue weighted by atomic mass is 10.1. The van der Waals surface area contributed by atoms with Gasteiger partial charge in [-0.25, -0.2) is 4.79 Å². The van der Waals surface area contributed by atoms with Crippen LogP contribution in [0.3, 0.4) is 0 Å². The summed E-state index contributed by atoms with van der Waals surface area (Å²) in [6.07, 6.45) is 0. The molecule has 2 aromatic rings. The minimum atomic E-state index is -0.580. The maximum absolute atomic E-state index is 10.8. The molecule has 0 aliphatic heterocycles. The Morgan fingerprint density at radius 2 is 1.76 bits per heavy atom. The molecule has 0 aliphatic rings.